The summed E-state index contributed by atoms with van der Waals surface area (Å²) in [6, 6.07) is 17.9. The van der Waals surface area contributed by atoms with Crippen molar-refractivity contribution >= 4 is 28.4 Å². The van der Waals surface area contributed by atoms with Crippen LogP contribution in [0.25, 0.3) is 22.2 Å². The smallest absolute Gasteiger partial charge is 0.411 e. The van der Waals surface area contributed by atoms with E-state index in [1.807, 2.05) is 55.5 Å². The molecule has 4 aromatic rings. The summed E-state index contributed by atoms with van der Waals surface area (Å²) in [4.78, 5) is 16.2. The fraction of sp³-hybridized carbons (Fsp3) is 0.259. The third kappa shape index (κ3) is 4.29. The van der Waals surface area contributed by atoms with Crippen molar-refractivity contribution in [3.63, 3.8) is 0 Å². The van der Waals surface area contributed by atoms with Gasteiger partial charge in [-0.2, -0.15) is 0 Å². The Labute approximate surface area is 198 Å². The number of anilines is 2. The first kappa shape index (κ1) is 21.8. The van der Waals surface area contributed by atoms with Crippen molar-refractivity contribution in [2.45, 2.75) is 38.8 Å². The summed E-state index contributed by atoms with van der Waals surface area (Å²) >= 11 is 0. The number of carbonyl (C=O) groups is 1. The molecule has 2 aromatic heterocycles. The molecule has 0 aliphatic heterocycles. The minimum absolute atomic E-state index is 0.166. The molecule has 2 aromatic carbocycles. The number of fused-ring (bicyclic) bond motifs is 1. The van der Waals surface area contributed by atoms with Crippen LogP contribution in [0.4, 0.5) is 16.2 Å². The predicted octanol–water partition coefficient (Wildman–Crippen LogP) is 6.16. The van der Waals surface area contributed by atoms with Crippen LogP contribution in [-0.4, -0.2) is 22.3 Å². The minimum atomic E-state index is -0.511. The first-order valence-electron chi connectivity index (χ1n) is 11.6. The Morgan fingerprint density at radius 1 is 1.18 bits per heavy atom. The maximum Gasteiger partial charge on any atom is 0.411 e. The van der Waals surface area contributed by atoms with E-state index in [1.54, 1.807) is 12.4 Å². The largest absolute Gasteiger partial charge is 0.494 e. The molecule has 1 amide bonds. The quantitative estimate of drug-likeness (QED) is 0.348. The van der Waals surface area contributed by atoms with Crippen LogP contribution in [0.15, 0.2) is 67.0 Å². The highest BCUT2D eigenvalue weighted by atomic mass is 16.5. The molecule has 34 heavy (non-hydrogen) atoms. The zero-order chi connectivity index (χ0) is 23.5. The lowest BCUT2D eigenvalue weighted by Crippen LogP contribution is -2.18. The van der Waals surface area contributed by atoms with Gasteiger partial charge in [0, 0.05) is 46.7 Å². The molecule has 0 saturated heterocycles. The van der Waals surface area contributed by atoms with E-state index in [2.05, 4.69) is 20.9 Å². The number of nitrogens with one attached hydrogen (secondary N) is 1. The summed E-state index contributed by atoms with van der Waals surface area (Å²) in [6.07, 6.45) is 6.34. The molecule has 0 unspecified atom stereocenters. The van der Waals surface area contributed by atoms with Gasteiger partial charge in [0.15, 0.2) is 0 Å². The highest BCUT2D eigenvalue weighted by Crippen LogP contribution is 2.44. The lowest BCUT2D eigenvalue weighted by atomic mass is 9.92. The highest BCUT2D eigenvalue weighted by molar-refractivity contribution is 6.01. The van der Waals surface area contributed by atoms with Crippen LogP contribution in [-0.2, 0) is 11.3 Å². The Hall–Kier alpha value is -4.00. The number of rotatable bonds is 7. The highest BCUT2D eigenvalue weighted by Gasteiger charge is 2.27. The molecule has 7 heteroatoms. The van der Waals surface area contributed by atoms with Crippen molar-refractivity contribution in [1.29, 1.82) is 0 Å². The number of hydrogen-bond acceptors (Lipinski definition) is 5. The molecule has 7 nitrogen and oxygen atoms in total. The minimum Gasteiger partial charge on any atom is -0.494 e. The van der Waals surface area contributed by atoms with Crippen molar-refractivity contribution in [2.75, 3.05) is 17.7 Å². The average Bonchev–Trinajstić information content (AvgIpc) is 3.10. The molecular formula is C27H28N4O3. The fourth-order valence-corrected chi connectivity index (χ4v) is 4.39. The summed E-state index contributed by atoms with van der Waals surface area (Å²) in [5.74, 6) is 0.851. The normalized spacial score (nSPS) is 13.4. The van der Waals surface area contributed by atoms with Crippen LogP contribution in [0.1, 0.15) is 37.8 Å². The molecule has 3 N–H and O–H groups in total. The molecule has 1 aliphatic rings. The first-order chi connectivity index (χ1) is 16.6. The van der Waals surface area contributed by atoms with E-state index in [0.29, 0.717) is 18.3 Å². The van der Waals surface area contributed by atoms with Crippen LogP contribution in [0.2, 0.25) is 0 Å². The Balaban J connectivity index is 1.39. The molecule has 174 valence electrons. The second-order valence-electron chi connectivity index (χ2n) is 8.47. The number of carbonyl (C=O) groups excluding carboxylic acids is 1. The molecule has 1 saturated carbocycles. The van der Waals surface area contributed by atoms with Gasteiger partial charge in [0.25, 0.3) is 0 Å². The summed E-state index contributed by atoms with van der Waals surface area (Å²) in [5, 5.41) is 3.81. The number of benzene rings is 2. The molecular weight excluding hydrogens is 428 g/mol. The van der Waals surface area contributed by atoms with Gasteiger partial charge < -0.3 is 19.8 Å². The van der Waals surface area contributed by atoms with Crippen molar-refractivity contribution in [2.24, 2.45) is 0 Å². The molecule has 1 fully saturated rings. The predicted molar refractivity (Wildman–Crippen MR) is 134 cm³/mol. The number of aromatic nitrogens is 2. The van der Waals surface area contributed by atoms with Gasteiger partial charge in [0.05, 0.1) is 23.5 Å². The van der Waals surface area contributed by atoms with Crippen molar-refractivity contribution in [1.82, 2.24) is 9.55 Å². The number of nitrogens with zero attached hydrogens (tertiary/aromatic N) is 2. The third-order valence-electron chi connectivity index (χ3n) is 6.26. The fourth-order valence-electron chi connectivity index (χ4n) is 4.39. The topological polar surface area (TPSA) is 91.4 Å². The second kappa shape index (κ2) is 9.47. The monoisotopic (exact) mass is 456 g/mol. The second-order valence-corrected chi connectivity index (χ2v) is 8.47. The van der Waals surface area contributed by atoms with E-state index < -0.39 is 6.09 Å². The Bertz CT molecular complexity index is 1300. The van der Waals surface area contributed by atoms with Crippen LogP contribution in [0.5, 0.6) is 5.75 Å². The molecule has 0 bridgehead atoms. The zero-order valence-corrected chi connectivity index (χ0v) is 19.2. The molecule has 0 spiro atoms. The summed E-state index contributed by atoms with van der Waals surface area (Å²) < 4.78 is 13.4. The van der Waals surface area contributed by atoms with E-state index in [-0.39, 0.29) is 6.61 Å². The van der Waals surface area contributed by atoms with Crippen LogP contribution < -0.4 is 15.8 Å². The van der Waals surface area contributed by atoms with E-state index in [4.69, 9.17) is 15.2 Å². The summed E-state index contributed by atoms with van der Waals surface area (Å²) in [6.45, 7) is 2.77. The Kier molecular flexibility index (Phi) is 6.08. The van der Waals surface area contributed by atoms with Gasteiger partial charge >= 0.3 is 6.09 Å². The zero-order valence-electron chi connectivity index (χ0n) is 19.2. The third-order valence-corrected chi connectivity index (χ3v) is 6.26. The summed E-state index contributed by atoms with van der Waals surface area (Å²) in [7, 11) is 0. The number of ether oxygens (including phenoxy) is 2. The van der Waals surface area contributed by atoms with Crippen molar-refractivity contribution in [3.05, 3.63) is 72.6 Å². The van der Waals surface area contributed by atoms with Gasteiger partial charge in [0.1, 0.15) is 12.4 Å². The molecule has 0 atom stereocenters. The lowest BCUT2D eigenvalue weighted by Gasteiger charge is -2.30. The van der Waals surface area contributed by atoms with Gasteiger partial charge in [-0.15, -0.1) is 0 Å². The Morgan fingerprint density at radius 3 is 2.68 bits per heavy atom. The van der Waals surface area contributed by atoms with E-state index >= 15 is 0 Å². The average molecular weight is 457 g/mol. The molecule has 1 aliphatic carbocycles. The van der Waals surface area contributed by atoms with Crippen LogP contribution in [0.3, 0.4) is 0 Å². The van der Waals surface area contributed by atoms with Crippen molar-refractivity contribution < 1.29 is 14.3 Å². The number of hydrogen-bond donors (Lipinski definition) is 2. The van der Waals surface area contributed by atoms with Gasteiger partial charge in [-0.1, -0.05) is 18.2 Å². The van der Waals surface area contributed by atoms with Gasteiger partial charge in [-0.25, -0.2) is 4.79 Å². The van der Waals surface area contributed by atoms with Crippen molar-refractivity contribution in [3.8, 4) is 17.0 Å². The van der Waals surface area contributed by atoms with Crippen LogP contribution >= 0.6 is 0 Å². The number of nitrogen functional groups attached to an aromatic ring is 1. The van der Waals surface area contributed by atoms with Gasteiger partial charge in [-0.05, 0) is 56.5 Å². The lowest BCUT2D eigenvalue weighted by molar-refractivity contribution is 0.155. The molecule has 2 heterocycles. The maximum atomic E-state index is 12.2. The summed E-state index contributed by atoms with van der Waals surface area (Å²) in [5.41, 5.74) is 12.0. The molecule has 5 rings (SSSR count). The number of pyridine rings is 1. The van der Waals surface area contributed by atoms with E-state index in [1.165, 1.54) is 6.42 Å². The standard InChI is InChI=1S/C27H28N4O3/c1-2-33-22-12-13-23-24(15-22)31(21-6-3-7-21)26(25(23)28)19-8-10-20(11-9-19)30-27(32)34-17-18-5-4-14-29-16-18/h4-5,8-16,21H,2-3,6-7,17,28H2,1H3,(H,30,32). The number of amides is 1. The number of nitrogens with two attached hydrogens (primary N) is 1. The van der Waals surface area contributed by atoms with Gasteiger partial charge in [-0.3, -0.25) is 10.3 Å². The SMILES string of the molecule is CCOc1ccc2c(N)c(-c3ccc(NC(=O)OCc4cccnc4)cc3)n(C3CCC3)c2c1. The van der Waals surface area contributed by atoms with Crippen LogP contribution in [0, 0.1) is 0 Å². The van der Waals surface area contributed by atoms with Gasteiger partial charge in [0.2, 0.25) is 0 Å². The van der Waals surface area contributed by atoms with E-state index in [0.717, 1.165) is 52.0 Å². The first-order valence-corrected chi connectivity index (χ1v) is 11.6. The van der Waals surface area contributed by atoms with E-state index in [9.17, 15) is 4.79 Å². The Morgan fingerprint density at radius 2 is 2.00 bits per heavy atom. The maximum absolute atomic E-state index is 12.2. The molecule has 0 radical (unpaired) electrons.